The molecule has 2 atom stereocenters. The van der Waals surface area contributed by atoms with Crippen LogP contribution in [0.4, 0.5) is 10.1 Å². The van der Waals surface area contributed by atoms with Crippen LogP contribution in [0.1, 0.15) is 44.5 Å². The van der Waals surface area contributed by atoms with E-state index in [0.29, 0.717) is 13.0 Å². The van der Waals surface area contributed by atoms with Crippen LogP contribution in [0.3, 0.4) is 0 Å². The lowest BCUT2D eigenvalue weighted by atomic mass is 10.0. The summed E-state index contributed by atoms with van der Waals surface area (Å²) in [5, 5.41) is 9.19. The van der Waals surface area contributed by atoms with Crippen molar-refractivity contribution < 1.29 is 9.18 Å². The van der Waals surface area contributed by atoms with E-state index in [9.17, 15) is 9.18 Å². The number of piperidine rings is 1. The highest BCUT2D eigenvalue weighted by Crippen LogP contribution is 2.38. The highest BCUT2D eigenvalue weighted by atomic mass is 19.1. The van der Waals surface area contributed by atoms with Crippen molar-refractivity contribution in [2.45, 2.75) is 59.3 Å². The highest BCUT2D eigenvalue weighted by Gasteiger charge is 2.33. The molecule has 1 amide bonds. The quantitative estimate of drug-likeness (QED) is 0.679. The number of nitrogens with one attached hydrogen (secondary N) is 2. The van der Waals surface area contributed by atoms with Crippen LogP contribution >= 0.6 is 0 Å². The summed E-state index contributed by atoms with van der Waals surface area (Å²) in [6, 6.07) is -0.133. The van der Waals surface area contributed by atoms with Crippen LogP contribution in [0.2, 0.25) is 0 Å². The molecular weight excluding hydrogens is 383 g/mol. The van der Waals surface area contributed by atoms with Crippen molar-refractivity contribution in [1.29, 1.82) is 0 Å². The zero-order chi connectivity index (χ0) is 21.6. The molecule has 1 aliphatic rings. The Labute approximate surface area is 175 Å². The average molecular weight is 413 g/mol. The Bertz CT molecular complexity index is 1080. The summed E-state index contributed by atoms with van der Waals surface area (Å²) in [5.74, 6) is -0.0837. The molecule has 1 fully saturated rings. The van der Waals surface area contributed by atoms with Crippen molar-refractivity contribution in [3.8, 4) is 11.1 Å². The molecule has 4 heterocycles. The Kier molecular flexibility index (Phi) is 5.26. The number of hydrogen-bond acceptors (Lipinski definition) is 4. The van der Waals surface area contributed by atoms with E-state index in [4.69, 9.17) is 0 Å². The molecule has 3 aromatic heterocycles. The first-order valence-electron chi connectivity index (χ1n) is 10.4. The van der Waals surface area contributed by atoms with Crippen molar-refractivity contribution in [2.75, 3.05) is 18.4 Å². The minimum absolute atomic E-state index is 0.0837. The number of halogens is 1. The van der Waals surface area contributed by atoms with E-state index in [1.807, 2.05) is 19.3 Å². The number of fused-ring (bicyclic) bond motifs is 1. The number of anilines is 1. The van der Waals surface area contributed by atoms with Gasteiger partial charge in [-0.1, -0.05) is 0 Å². The fourth-order valence-corrected chi connectivity index (χ4v) is 4.37. The molecule has 3 aromatic rings. The maximum absolute atomic E-state index is 14.9. The minimum Gasteiger partial charge on any atom is -0.382 e. The first kappa shape index (κ1) is 20.4. The normalized spacial score (nSPS) is 19.6. The van der Waals surface area contributed by atoms with Crippen LogP contribution in [-0.4, -0.2) is 55.9 Å². The topological polar surface area (TPSA) is 78.8 Å². The molecule has 0 bridgehead atoms. The average Bonchev–Trinajstić information content (AvgIpc) is 3.25. The highest BCUT2D eigenvalue weighted by molar-refractivity contribution is 6.00. The Balaban J connectivity index is 1.75. The third-order valence-corrected chi connectivity index (χ3v) is 5.93. The van der Waals surface area contributed by atoms with Crippen LogP contribution in [0.15, 0.2) is 18.6 Å². The van der Waals surface area contributed by atoms with Gasteiger partial charge < -0.3 is 15.2 Å². The van der Waals surface area contributed by atoms with Crippen LogP contribution in [-0.2, 0) is 4.79 Å². The molecular formula is C22H29FN6O. The number of carbonyl (C=O) groups excluding carboxylic acids is 1. The first-order valence-corrected chi connectivity index (χ1v) is 10.4. The third kappa shape index (κ3) is 3.44. The van der Waals surface area contributed by atoms with Crippen LogP contribution < -0.4 is 5.32 Å². The van der Waals surface area contributed by atoms with Gasteiger partial charge in [0.05, 0.1) is 24.5 Å². The maximum atomic E-state index is 14.9. The number of amides is 1. The number of pyridine rings is 1. The van der Waals surface area contributed by atoms with Gasteiger partial charge in [0.1, 0.15) is 11.8 Å². The van der Waals surface area contributed by atoms with Crippen LogP contribution in [0.5, 0.6) is 0 Å². The predicted molar refractivity (Wildman–Crippen MR) is 116 cm³/mol. The monoisotopic (exact) mass is 412 g/mol. The van der Waals surface area contributed by atoms with E-state index in [1.165, 1.54) is 6.92 Å². The summed E-state index contributed by atoms with van der Waals surface area (Å²) in [6.07, 6.45) is 5.02. The van der Waals surface area contributed by atoms with Crippen molar-refractivity contribution in [2.24, 2.45) is 0 Å². The second-order valence-corrected chi connectivity index (χ2v) is 8.47. The van der Waals surface area contributed by atoms with Gasteiger partial charge in [0.25, 0.3) is 0 Å². The Morgan fingerprint density at radius 3 is 2.73 bits per heavy atom. The van der Waals surface area contributed by atoms with Gasteiger partial charge in [-0.05, 0) is 39.7 Å². The number of hydrogen-bond donors (Lipinski definition) is 2. The molecule has 2 N–H and O–H groups in total. The van der Waals surface area contributed by atoms with Gasteiger partial charge in [-0.25, -0.2) is 9.37 Å². The van der Waals surface area contributed by atoms with Crippen molar-refractivity contribution in [1.82, 2.24) is 24.6 Å². The van der Waals surface area contributed by atoms with Crippen molar-refractivity contribution >= 4 is 22.6 Å². The molecule has 0 aromatic carbocycles. The van der Waals surface area contributed by atoms with E-state index in [0.717, 1.165) is 39.1 Å². The Morgan fingerprint density at radius 1 is 1.30 bits per heavy atom. The standard InChI is InChI=1S/C22H29FN6O/c1-12(2)27-21-17(9-25-22-20(21)13(3)8-24-22)16-10-26-29(14(16)4)19-6-7-28(15(5)30)11-18(19)23/h8-10,12,18-19H,6-7,11H2,1-5H3,(H2,24,25,27)/t18-,19-/m0/s1. The smallest absolute Gasteiger partial charge is 0.219 e. The molecule has 30 heavy (non-hydrogen) atoms. The predicted octanol–water partition coefficient (Wildman–Crippen LogP) is 3.99. The Hall–Kier alpha value is -2.90. The number of alkyl halides is 1. The van der Waals surface area contributed by atoms with E-state index in [-0.39, 0.29) is 24.5 Å². The number of likely N-dealkylation sites (tertiary alicyclic amines) is 1. The molecule has 1 aliphatic heterocycles. The Morgan fingerprint density at radius 2 is 2.07 bits per heavy atom. The number of aryl methyl sites for hydroxylation is 1. The van der Waals surface area contributed by atoms with E-state index in [1.54, 1.807) is 15.8 Å². The van der Waals surface area contributed by atoms with Gasteiger partial charge in [0.15, 0.2) is 0 Å². The third-order valence-electron chi connectivity index (χ3n) is 5.93. The van der Waals surface area contributed by atoms with Gasteiger partial charge in [0, 0.05) is 54.1 Å². The summed E-state index contributed by atoms with van der Waals surface area (Å²) in [7, 11) is 0. The number of aromatic amines is 1. The van der Waals surface area contributed by atoms with E-state index < -0.39 is 6.17 Å². The number of carbonyl (C=O) groups is 1. The number of H-pyrrole nitrogens is 1. The maximum Gasteiger partial charge on any atom is 0.219 e. The van der Waals surface area contributed by atoms with Gasteiger partial charge in [-0.15, -0.1) is 0 Å². The number of rotatable bonds is 4. The SMILES string of the molecule is CC(=O)N1CC[C@H](n2ncc(-c3cnc4[nH]cc(C)c4c3NC(C)C)c2C)[C@@H](F)C1. The first-order chi connectivity index (χ1) is 14.3. The summed E-state index contributed by atoms with van der Waals surface area (Å²) in [4.78, 5) is 21.0. The summed E-state index contributed by atoms with van der Waals surface area (Å²) in [6.45, 7) is 10.4. The largest absolute Gasteiger partial charge is 0.382 e. The molecule has 7 nitrogen and oxygen atoms in total. The van der Waals surface area contributed by atoms with E-state index in [2.05, 4.69) is 41.2 Å². The molecule has 0 saturated carbocycles. The molecule has 160 valence electrons. The van der Waals surface area contributed by atoms with Crippen LogP contribution in [0.25, 0.3) is 22.2 Å². The molecule has 4 rings (SSSR count). The number of aromatic nitrogens is 4. The molecule has 0 radical (unpaired) electrons. The van der Waals surface area contributed by atoms with Crippen LogP contribution in [0, 0.1) is 13.8 Å². The number of nitrogens with zero attached hydrogens (tertiary/aromatic N) is 4. The van der Waals surface area contributed by atoms with E-state index >= 15 is 0 Å². The second-order valence-electron chi connectivity index (χ2n) is 8.47. The van der Waals surface area contributed by atoms with Crippen molar-refractivity contribution in [3.05, 3.63) is 29.8 Å². The fraction of sp³-hybridized carbons (Fsp3) is 0.500. The second kappa shape index (κ2) is 7.74. The minimum atomic E-state index is -1.14. The van der Waals surface area contributed by atoms with Gasteiger partial charge in [-0.2, -0.15) is 5.10 Å². The molecule has 8 heteroatoms. The lowest BCUT2D eigenvalue weighted by Gasteiger charge is -2.34. The zero-order valence-corrected chi connectivity index (χ0v) is 18.2. The van der Waals surface area contributed by atoms with Gasteiger partial charge >= 0.3 is 0 Å². The molecule has 0 unspecified atom stereocenters. The summed E-state index contributed by atoms with van der Waals surface area (Å²) >= 11 is 0. The molecule has 0 aliphatic carbocycles. The fourth-order valence-electron chi connectivity index (χ4n) is 4.37. The molecule has 0 spiro atoms. The van der Waals surface area contributed by atoms with Gasteiger partial charge in [0.2, 0.25) is 5.91 Å². The lowest BCUT2D eigenvalue weighted by Crippen LogP contribution is -2.45. The lowest BCUT2D eigenvalue weighted by molar-refractivity contribution is -0.131. The summed E-state index contributed by atoms with van der Waals surface area (Å²) < 4.78 is 16.7. The van der Waals surface area contributed by atoms with Gasteiger partial charge in [-0.3, -0.25) is 9.48 Å². The summed E-state index contributed by atoms with van der Waals surface area (Å²) in [5.41, 5.74) is 5.77. The molecule has 1 saturated heterocycles. The van der Waals surface area contributed by atoms with Crippen molar-refractivity contribution in [3.63, 3.8) is 0 Å². The zero-order valence-electron chi connectivity index (χ0n) is 18.2.